The molecule has 1 saturated heterocycles. The van der Waals surface area contributed by atoms with E-state index in [0.717, 1.165) is 19.4 Å². The highest BCUT2D eigenvalue weighted by molar-refractivity contribution is 5.77. The molecule has 2 atom stereocenters. The molecule has 2 unspecified atom stereocenters. The molecule has 0 aromatic heterocycles. The number of rotatable bonds is 5. The molecule has 1 aliphatic heterocycles. The quantitative estimate of drug-likeness (QED) is 0.723. The number of esters is 1. The molecule has 0 aliphatic carbocycles. The average Bonchev–Trinajstić information content (AvgIpc) is 2.27. The second-order valence-corrected chi connectivity index (χ2v) is 4.72. The molecule has 0 bridgehead atoms. The predicted molar refractivity (Wildman–Crippen MR) is 62.3 cm³/mol. The normalized spacial score (nSPS) is 27.4. The molecule has 0 aromatic carbocycles. The maximum atomic E-state index is 12.0. The van der Waals surface area contributed by atoms with E-state index in [2.05, 4.69) is 5.32 Å². The lowest BCUT2D eigenvalue weighted by Gasteiger charge is -2.32. The minimum absolute atomic E-state index is 0.105. The van der Waals surface area contributed by atoms with Gasteiger partial charge in [-0.1, -0.05) is 0 Å². The number of carbonyl (C=O) groups excluding carboxylic acids is 1. The predicted octanol–water partition coefficient (Wildman–Crippen LogP) is 1.34. The van der Waals surface area contributed by atoms with E-state index < -0.39 is 0 Å². The van der Waals surface area contributed by atoms with Gasteiger partial charge in [-0.05, 0) is 40.2 Å². The summed E-state index contributed by atoms with van der Waals surface area (Å²) in [6.45, 7) is 8.61. The number of piperidine rings is 1. The molecule has 0 aromatic rings. The first-order valence-corrected chi connectivity index (χ1v) is 6.08. The Balaban J connectivity index is 2.38. The number of carbonyl (C=O) groups is 1. The van der Waals surface area contributed by atoms with Gasteiger partial charge in [0.15, 0.2) is 0 Å². The van der Waals surface area contributed by atoms with Gasteiger partial charge in [0.25, 0.3) is 0 Å². The molecule has 4 heteroatoms. The van der Waals surface area contributed by atoms with Gasteiger partial charge in [-0.3, -0.25) is 4.79 Å². The molecule has 1 rings (SSSR count). The molecule has 1 heterocycles. The van der Waals surface area contributed by atoms with Crippen molar-refractivity contribution in [2.45, 2.75) is 39.7 Å². The van der Waals surface area contributed by atoms with Crippen molar-refractivity contribution >= 4 is 5.97 Å². The Kier molecular flexibility index (Phi) is 5.22. The van der Waals surface area contributed by atoms with Gasteiger partial charge in [-0.2, -0.15) is 0 Å². The molecular weight excluding hydrogens is 206 g/mol. The van der Waals surface area contributed by atoms with Crippen molar-refractivity contribution in [2.75, 3.05) is 26.3 Å². The van der Waals surface area contributed by atoms with Crippen LogP contribution in [-0.4, -0.2) is 38.4 Å². The highest BCUT2D eigenvalue weighted by Crippen LogP contribution is 2.27. The van der Waals surface area contributed by atoms with Crippen LogP contribution in [0.1, 0.15) is 33.6 Å². The van der Waals surface area contributed by atoms with Gasteiger partial charge in [0.1, 0.15) is 6.10 Å². The van der Waals surface area contributed by atoms with Gasteiger partial charge in [-0.15, -0.1) is 0 Å². The molecule has 0 saturated carbocycles. The lowest BCUT2D eigenvalue weighted by molar-refractivity contribution is -0.163. The number of ether oxygens (including phenoxy) is 2. The first-order chi connectivity index (χ1) is 7.58. The van der Waals surface area contributed by atoms with Crippen LogP contribution in [0.2, 0.25) is 0 Å². The molecule has 1 aliphatic rings. The first-order valence-electron chi connectivity index (χ1n) is 6.08. The van der Waals surface area contributed by atoms with Crippen molar-refractivity contribution in [1.82, 2.24) is 5.32 Å². The van der Waals surface area contributed by atoms with Crippen molar-refractivity contribution in [3.05, 3.63) is 0 Å². The van der Waals surface area contributed by atoms with Gasteiger partial charge in [-0.25, -0.2) is 0 Å². The van der Waals surface area contributed by atoms with Crippen LogP contribution in [0.3, 0.4) is 0 Å². The van der Waals surface area contributed by atoms with Crippen LogP contribution in [0.5, 0.6) is 0 Å². The SMILES string of the molecule is CCOCC(C)OC(=O)C1(C)CCCNC1. The summed E-state index contributed by atoms with van der Waals surface area (Å²) in [5.74, 6) is -0.105. The minimum Gasteiger partial charge on any atom is -0.460 e. The summed E-state index contributed by atoms with van der Waals surface area (Å²) in [5, 5.41) is 3.24. The minimum atomic E-state index is -0.362. The van der Waals surface area contributed by atoms with Crippen LogP contribution >= 0.6 is 0 Å². The molecule has 0 radical (unpaired) electrons. The van der Waals surface area contributed by atoms with Gasteiger partial charge in [0.2, 0.25) is 0 Å². The lowest BCUT2D eigenvalue weighted by Crippen LogP contribution is -2.45. The zero-order valence-corrected chi connectivity index (χ0v) is 10.5. The third-order valence-electron chi connectivity index (χ3n) is 2.95. The number of nitrogens with one attached hydrogen (secondary N) is 1. The Labute approximate surface area is 97.7 Å². The van der Waals surface area contributed by atoms with Crippen molar-refractivity contribution in [3.63, 3.8) is 0 Å². The Morgan fingerprint density at radius 1 is 1.56 bits per heavy atom. The van der Waals surface area contributed by atoms with Crippen LogP contribution in [0.15, 0.2) is 0 Å². The molecule has 0 amide bonds. The van der Waals surface area contributed by atoms with Crippen LogP contribution in [0, 0.1) is 5.41 Å². The highest BCUT2D eigenvalue weighted by Gasteiger charge is 2.36. The molecule has 0 spiro atoms. The number of hydrogen-bond donors (Lipinski definition) is 1. The summed E-state index contributed by atoms with van der Waals surface area (Å²) in [7, 11) is 0. The van der Waals surface area contributed by atoms with E-state index in [4.69, 9.17) is 9.47 Å². The zero-order chi connectivity index (χ0) is 12.0. The lowest BCUT2D eigenvalue weighted by atomic mass is 9.83. The molecule has 16 heavy (non-hydrogen) atoms. The van der Waals surface area contributed by atoms with E-state index in [9.17, 15) is 4.79 Å². The molecule has 4 nitrogen and oxygen atoms in total. The number of hydrogen-bond acceptors (Lipinski definition) is 4. The third-order valence-corrected chi connectivity index (χ3v) is 2.95. The summed E-state index contributed by atoms with van der Waals surface area (Å²) in [5.41, 5.74) is -0.362. The fraction of sp³-hybridized carbons (Fsp3) is 0.917. The van der Waals surface area contributed by atoms with E-state index in [-0.39, 0.29) is 17.5 Å². The monoisotopic (exact) mass is 229 g/mol. The summed E-state index contributed by atoms with van der Waals surface area (Å²) in [4.78, 5) is 12.0. The van der Waals surface area contributed by atoms with E-state index >= 15 is 0 Å². The molecular formula is C12H23NO3. The van der Waals surface area contributed by atoms with E-state index in [1.807, 2.05) is 20.8 Å². The standard InChI is InChI=1S/C12H23NO3/c1-4-15-8-10(2)16-11(14)12(3)6-5-7-13-9-12/h10,13H,4-9H2,1-3H3. The summed E-state index contributed by atoms with van der Waals surface area (Å²) < 4.78 is 10.6. The molecule has 1 N–H and O–H groups in total. The molecule has 94 valence electrons. The van der Waals surface area contributed by atoms with Crippen molar-refractivity contribution < 1.29 is 14.3 Å². The highest BCUT2D eigenvalue weighted by atomic mass is 16.6. The Bertz CT molecular complexity index is 224. The fourth-order valence-corrected chi connectivity index (χ4v) is 1.87. The maximum Gasteiger partial charge on any atom is 0.313 e. The second kappa shape index (κ2) is 6.21. The van der Waals surface area contributed by atoms with Crippen LogP contribution in [0.25, 0.3) is 0 Å². The largest absolute Gasteiger partial charge is 0.460 e. The van der Waals surface area contributed by atoms with Gasteiger partial charge in [0, 0.05) is 13.2 Å². The van der Waals surface area contributed by atoms with E-state index in [0.29, 0.717) is 19.8 Å². The second-order valence-electron chi connectivity index (χ2n) is 4.72. The Hall–Kier alpha value is -0.610. The summed E-state index contributed by atoms with van der Waals surface area (Å²) in [6, 6.07) is 0. The van der Waals surface area contributed by atoms with Gasteiger partial charge in [0.05, 0.1) is 12.0 Å². The average molecular weight is 229 g/mol. The van der Waals surface area contributed by atoms with Crippen LogP contribution in [0.4, 0.5) is 0 Å². The van der Waals surface area contributed by atoms with Crippen LogP contribution < -0.4 is 5.32 Å². The van der Waals surface area contributed by atoms with E-state index in [1.165, 1.54) is 0 Å². The molecule has 1 fully saturated rings. The Morgan fingerprint density at radius 2 is 2.31 bits per heavy atom. The third kappa shape index (κ3) is 3.76. The summed E-state index contributed by atoms with van der Waals surface area (Å²) in [6.07, 6.45) is 1.78. The van der Waals surface area contributed by atoms with Crippen LogP contribution in [-0.2, 0) is 14.3 Å². The van der Waals surface area contributed by atoms with E-state index in [1.54, 1.807) is 0 Å². The maximum absolute atomic E-state index is 12.0. The van der Waals surface area contributed by atoms with Crippen molar-refractivity contribution in [3.8, 4) is 0 Å². The van der Waals surface area contributed by atoms with Gasteiger partial charge >= 0.3 is 5.97 Å². The fourth-order valence-electron chi connectivity index (χ4n) is 1.87. The Morgan fingerprint density at radius 3 is 2.88 bits per heavy atom. The summed E-state index contributed by atoms with van der Waals surface area (Å²) >= 11 is 0. The van der Waals surface area contributed by atoms with Crippen molar-refractivity contribution in [2.24, 2.45) is 5.41 Å². The first kappa shape index (κ1) is 13.5. The van der Waals surface area contributed by atoms with Crippen molar-refractivity contribution in [1.29, 1.82) is 0 Å². The smallest absolute Gasteiger partial charge is 0.313 e. The van der Waals surface area contributed by atoms with Gasteiger partial charge < -0.3 is 14.8 Å². The topological polar surface area (TPSA) is 47.6 Å². The zero-order valence-electron chi connectivity index (χ0n) is 10.5.